The van der Waals surface area contributed by atoms with Gasteiger partial charge in [-0.15, -0.1) is 0 Å². The van der Waals surface area contributed by atoms with Gasteiger partial charge in [-0.1, -0.05) is 6.92 Å². The number of imide groups is 1. The molecule has 33 heavy (non-hydrogen) atoms. The number of carbonyl (C=O) groups is 3. The smallest absolute Gasteiger partial charge is 0.459 e. The second kappa shape index (κ2) is 12.4. The number of halogens is 1. The lowest BCUT2D eigenvalue weighted by Crippen LogP contribution is -2.32. The largest absolute Gasteiger partial charge is 0.468 e. The van der Waals surface area contributed by atoms with Crippen LogP contribution in [0.15, 0.2) is 36.5 Å². The summed E-state index contributed by atoms with van der Waals surface area (Å²) in [5, 5.41) is 4.41. The van der Waals surface area contributed by atoms with Gasteiger partial charge in [-0.2, -0.15) is 0 Å². The number of rotatable bonds is 12. The first kappa shape index (κ1) is 26.5. The Balaban J connectivity index is 2.00. The molecule has 0 bridgehead atoms. The normalized spacial score (nSPS) is 21.9. The number of amides is 2. The van der Waals surface area contributed by atoms with E-state index in [0.29, 0.717) is 6.42 Å². The first-order valence-electron chi connectivity index (χ1n) is 9.97. The van der Waals surface area contributed by atoms with E-state index < -0.39 is 44.3 Å². The zero-order valence-corrected chi connectivity index (χ0v) is 19.3. The highest BCUT2D eigenvalue weighted by Gasteiger charge is 2.37. The van der Waals surface area contributed by atoms with Crippen LogP contribution in [-0.2, 0) is 32.9 Å². The minimum absolute atomic E-state index is 0.0304. The highest BCUT2D eigenvalue weighted by atomic mass is 31.2. The Morgan fingerprint density at radius 2 is 2.03 bits per heavy atom. The van der Waals surface area contributed by atoms with Crippen LogP contribution in [-0.4, -0.2) is 62.8 Å². The summed E-state index contributed by atoms with van der Waals surface area (Å²) in [7, 11) is -1.16. The number of methoxy groups -OCH3 is 1. The van der Waals surface area contributed by atoms with Crippen LogP contribution in [0.1, 0.15) is 13.3 Å². The molecule has 0 spiro atoms. The van der Waals surface area contributed by atoms with E-state index in [-0.39, 0.29) is 24.7 Å². The molecule has 13 heteroatoms. The Morgan fingerprint density at radius 1 is 1.33 bits per heavy atom. The molecule has 0 aromatic heterocycles. The van der Waals surface area contributed by atoms with Gasteiger partial charge >= 0.3 is 13.7 Å². The molecule has 1 fully saturated rings. The summed E-state index contributed by atoms with van der Waals surface area (Å²) in [6.07, 6.45) is 2.64. The molecule has 1 aliphatic heterocycles. The first-order valence-corrected chi connectivity index (χ1v) is 11.5. The van der Waals surface area contributed by atoms with Crippen molar-refractivity contribution in [3.63, 3.8) is 0 Å². The fraction of sp³-hybridized carbons (Fsp3) is 0.450. The fourth-order valence-corrected chi connectivity index (χ4v) is 4.35. The van der Waals surface area contributed by atoms with Crippen LogP contribution >= 0.6 is 7.75 Å². The van der Waals surface area contributed by atoms with Crippen molar-refractivity contribution in [3.05, 3.63) is 42.4 Å². The van der Waals surface area contributed by atoms with E-state index in [1.807, 2.05) is 12.2 Å². The van der Waals surface area contributed by atoms with Crippen molar-refractivity contribution in [1.82, 2.24) is 15.3 Å². The number of nitrogens with zero attached hydrogens (tertiary/aromatic N) is 1. The molecule has 4 atom stereocenters. The van der Waals surface area contributed by atoms with Gasteiger partial charge in [0, 0.05) is 25.2 Å². The van der Waals surface area contributed by atoms with Gasteiger partial charge in [0.1, 0.15) is 24.3 Å². The molecule has 1 saturated heterocycles. The lowest BCUT2D eigenvalue weighted by atomic mass is 10.1. The molecular weight excluding hydrogens is 460 g/mol. The van der Waals surface area contributed by atoms with E-state index in [0.717, 1.165) is 12.1 Å². The second-order valence-corrected chi connectivity index (χ2v) is 8.97. The Kier molecular flexibility index (Phi) is 9.98. The lowest BCUT2D eigenvalue weighted by Gasteiger charge is -2.26. The SMILES string of the molecule is COC(=O)CNP(=O)(OCC1CC(C)C(N(C)/C=C\C(=O)NC=O)O1)Oc1ccc(F)cc1. The van der Waals surface area contributed by atoms with Crippen LogP contribution in [0.25, 0.3) is 0 Å². The zero-order valence-electron chi connectivity index (χ0n) is 18.4. The summed E-state index contributed by atoms with van der Waals surface area (Å²) in [5.41, 5.74) is 0. The zero-order chi connectivity index (χ0) is 24.4. The van der Waals surface area contributed by atoms with Crippen molar-refractivity contribution in [1.29, 1.82) is 0 Å². The van der Waals surface area contributed by atoms with Crippen LogP contribution < -0.4 is 14.9 Å². The third kappa shape index (κ3) is 8.58. The average Bonchev–Trinajstić information content (AvgIpc) is 3.17. The van der Waals surface area contributed by atoms with Crippen molar-refractivity contribution in [3.8, 4) is 5.75 Å². The Labute approximate surface area is 190 Å². The van der Waals surface area contributed by atoms with Crippen molar-refractivity contribution in [2.45, 2.75) is 25.7 Å². The third-order valence-electron chi connectivity index (χ3n) is 4.63. The molecule has 2 N–H and O–H groups in total. The van der Waals surface area contributed by atoms with Crippen LogP contribution in [0.3, 0.4) is 0 Å². The molecule has 2 amide bonds. The van der Waals surface area contributed by atoms with E-state index in [4.69, 9.17) is 13.8 Å². The van der Waals surface area contributed by atoms with Gasteiger partial charge in [-0.05, 0) is 30.7 Å². The maximum absolute atomic E-state index is 13.2. The van der Waals surface area contributed by atoms with Crippen molar-refractivity contribution >= 4 is 26.0 Å². The van der Waals surface area contributed by atoms with Gasteiger partial charge in [0.2, 0.25) is 6.41 Å². The van der Waals surface area contributed by atoms with Gasteiger partial charge in [0.15, 0.2) is 0 Å². The van der Waals surface area contributed by atoms with E-state index in [1.54, 1.807) is 11.9 Å². The van der Waals surface area contributed by atoms with E-state index >= 15 is 0 Å². The standard InChI is InChI=1S/C20H27FN3O8P/c1-14-10-17(31-20(14)24(2)9-8-18(26)22-13-25)12-30-33(28,23-11-19(27)29-3)32-16-6-4-15(21)5-7-16/h4-9,13-14,17,20H,10-12H2,1-3H3,(H,23,28)(H,22,25,26)/b9-8-. The molecule has 0 aliphatic carbocycles. The highest BCUT2D eigenvalue weighted by Crippen LogP contribution is 2.45. The summed E-state index contributed by atoms with van der Waals surface area (Å²) in [5.74, 6) is -1.64. The topological polar surface area (TPSA) is 132 Å². The number of ether oxygens (including phenoxy) is 2. The van der Waals surface area contributed by atoms with Crippen LogP contribution in [0.5, 0.6) is 5.75 Å². The minimum atomic E-state index is -4.04. The summed E-state index contributed by atoms with van der Waals surface area (Å²) < 4.78 is 47.7. The van der Waals surface area contributed by atoms with E-state index in [2.05, 4.69) is 9.82 Å². The quantitative estimate of drug-likeness (QED) is 0.194. The number of hydrogen-bond donors (Lipinski definition) is 2. The van der Waals surface area contributed by atoms with Crippen molar-refractivity contribution < 1.29 is 41.9 Å². The molecule has 1 aromatic rings. The number of esters is 1. The van der Waals surface area contributed by atoms with Crippen molar-refractivity contribution in [2.24, 2.45) is 5.92 Å². The minimum Gasteiger partial charge on any atom is -0.468 e. The van der Waals surface area contributed by atoms with Crippen LogP contribution in [0, 0.1) is 11.7 Å². The van der Waals surface area contributed by atoms with Crippen LogP contribution in [0.2, 0.25) is 0 Å². The predicted molar refractivity (Wildman–Crippen MR) is 114 cm³/mol. The highest BCUT2D eigenvalue weighted by molar-refractivity contribution is 7.52. The number of benzene rings is 1. The molecule has 2 rings (SSSR count). The summed E-state index contributed by atoms with van der Waals surface area (Å²) in [4.78, 5) is 34.8. The maximum Gasteiger partial charge on any atom is 0.459 e. The number of hydrogen-bond acceptors (Lipinski definition) is 9. The number of carbonyl (C=O) groups excluding carboxylic acids is 3. The Hall–Kier alpha value is -2.79. The van der Waals surface area contributed by atoms with Gasteiger partial charge < -0.3 is 18.9 Å². The van der Waals surface area contributed by atoms with Gasteiger partial charge in [0.05, 0.1) is 19.8 Å². The molecule has 1 heterocycles. The maximum atomic E-state index is 13.2. The second-order valence-electron chi connectivity index (χ2n) is 7.22. The average molecular weight is 487 g/mol. The molecule has 182 valence electrons. The van der Waals surface area contributed by atoms with E-state index in [9.17, 15) is 23.3 Å². The van der Waals surface area contributed by atoms with Crippen LogP contribution in [0.4, 0.5) is 4.39 Å². The first-order chi connectivity index (χ1) is 15.7. The van der Waals surface area contributed by atoms with Gasteiger partial charge in [0.25, 0.3) is 5.91 Å². The molecule has 0 radical (unpaired) electrons. The molecule has 1 aliphatic rings. The van der Waals surface area contributed by atoms with Gasteiger partial charge in [-0.3, -0.25) is 24.2 Å². The lowest BCUT2D eigenvalue weighted by molar-refractivity contribution is -0.139. The number of nitrogens with one attached hydrogen (secondary N) is 2. The summed E-state index contributed by atoms with van der Waals surface area (Å²) >= 11 is 0. The molecule has 1 aromatic carbocycles. The Bertz CT molecular complexity index is 898. The predicted octanol–water partition coefficient (Wildman–Crippen LogP) is 1.56. The van der Waals surface area contributed by atoms with Gasteiger partial charge in [-0.25, -0.2) is 14.0 Å². The monoisotopic (exact) mass is 487 g/mol. The molecular formula is C20H27FN3O8P. The van der Waals surface area contributed by atoms with Crippen molar-refractivity contribution in [2.75, 3.05) is 27.3 Å². The molecule has 11 nitrogen and oxygen atoms in total. The molecule has 0 saturated carbocycles. The summed E-state index contributed by atoms with van der Waals surface area (Å²) in [6, 6.07) is 4.81. The Morgan fingerprint density at radius 3 is 2.67 bits per heavy atom. The third-order valence-corrected chi connectivity index (χ3v) is 6.12. The molecule has 4 unspecified atom stereocenters. The fourth-order valence-electron chi connectivity index (χ4n) is 3.05. The van der Waals surface area contributed by atoms with E-state index in [1.165, 1.54) is 31.5 Å². The summed E-state index contributed by atoms with van der Waals surface area (Å²) in [6.45, 7) is 1.37.